The van der Waals surface area contributed by atoms with Crippen molar-refractivity contribution in [1.29, 1.82) is 0 Å². The number of carbonyl (C=O) groups is 3. The Morgan fingerprint density at radius 1 is 0.971 bits per heavy atom. The van der Waals surface area contributed by atoms with E-state index in [9.17, 15) is 24.5 Å². The fourth-order valence-electron chi connectivity index (χ4n) is 3.90. The van der Waals surface area contributed by atoms with Gasteiger partial charge in [0.05, 0.1) is 16.3 Å². The summed E-state index contributed by atoms with van der Waals surface area (Å²) in [4.78, 5) is 49.9. The highest BCUT2D eigenvalue weighted by atomic mass is 79.9. The molecule has 4 amide bonds. The van der Waals surface area contributed by atoms with E-state index in [1.54, 1.807) is 56.3 Å². The molecule has 172 valence electrons. The van der Waals surface area contributed by atoms with E-state index < -0.39 is 22.8 Å². The average molecular weight is 523 g/mol. The topological polar surface area (TPSA) is 115 Å². The Morgan fingerprint density at radius 3 is 2.26 bits per heavy atom. The number of hydrogen-bond acceptors (Lipinski definition) is 5. The van der Waals surface area contributed by atoms with E-state index in [1.165, 1.54) is 12.1 Å². The van der Waals surface area contributed by atoms with Gasteiger partial charge >= 0.3 is 6.03 Å². The van der Waals surface area contributed by atoms with Gasteiger partial charge in [-0.2, -0.15) is 0 Å². The smallest absolute Gasteiger partial charge is 0.318 e. The number of nitrogens with one attached hydrogen (secondary N) is 1. The molecule has 1 saturated heterocycles. The number of nitro groups is 1. The van der Waals surface area contributed by atoms with E-state index in [4.69, 9.17) is 0 Å². The molecule has 34 heavy (non-hydrogen) atoms. The first-order valence-electron chi connectivity index (χ1n) is 10.2. The third kappa shape index (κ3) is 4.03. The monoisotopic (exact) mass is 522 g/mol. The highest BCUT2D eigenvalue weighted by Crippen LogP contribution is 2.29. The predicted molar refractivity (Wildman–Crippen MR) is 130 cm³/mol. The van der Waals surface area contributed by atoms with Crippen LogP contribution in [0.2, 0.25) is 0 Å². The van der Waals surface area contributed by atoms with E-state index in [0.717, 1.165) is 15.1 Å². The second-order valence-electron chi connectivity index (χ2n) is 7.82. The molecule has 2 aromatic carbocycles. The van der Waals surface area contributed by atoms with Gasteiger partial charge in [-0.25, -0.2) is 9.69 Å². The molecule has 2 heterocycles. The van der Waals surface area contributed by atoms with E-state index in [1.807, 2.05) is 11.5 Å². The molecule has 4 rings (SSSR count). The Kier molecular flexibility index (Phi) is 5.92. The lowest BCUT2D eigenvalue weighted by Gasteiger charge is -2.26. The fourth-order valence-corrected chi connectivity index (χ4v) is 4.17. The molecule has 10 heteroatoms. The first-order valence-corrected chi connectivity index (χ1v) is 11.0. The molecule has 1 N–H and O–H groups in total. The van der Waals surface area contributed by atoms with Crippen LogP contribution < -0.4 is 10.2 Å². The van der Waals surface area contributed by atoms with Crippen molar-refractivity contribution in [2.45, 2.75) is 20.8 Å². The second kappa shape index (κ2) is 8.71. The molecule has 0 saturated carbocycles. The number of aromatic nitrogens is 1. The lowest BCUT2D eigenvalue weighted by atomic mass is 10.1. The van der Waals surface area contributed by atoms with Gasteiger partial charge in [-0.3, -0.25) is 25.0 Å². The number of nitro benzene ring substituents is 1. The van der Waals surface area contributed by atoms with Crippen molar-refractivity contribution in [3.05, 3.63) is 91.2 Å². The molecule has 0 unspecified atom stereocenters. The van der Waals surface area contributed by atoms with E-state index in [0.29, 0.717) is 28.2 Å². The summed E-state index contributed by atoms with van der Waals surface area (Å²) in [5, 5.41) is 13.6. The molecular formula is C24H19BrN4O5. The van der Waals surface area contributed by atoms with Gasteiger partial charge < -0.3 is 4.57 Å². The van der Waals surface area contributed by atoms with Crippen LogP contribution in [-0.4, -0.2) is 27.3 Å². The average Bonchev–Trinajstić information content (AvgIpc) is 3.05. The molecule has 0 bridgehead atoms. The van der Waals surface area contributed by atoms with Crippen molar-refractivity contribution in [3.63, 3.8) is 0 Å². The van der Waals surface area contributed by atoms with Gasteiger partial charge in [0.15, 0.2) is 0 Å². The lowest BCUT2D eigenvalue weighted by molar-refractivity contribution is -0.385. The number of barbiturate groups is 1. The Morgan fingerprint density at radius 2 is 1.62 bits per heavy atom. The highest BCUT2D eigenvalue weighted by molar-refractivity contribution is 9.10. The third-order valence-electron chi connectivity index (χ3n) is 5.60. The van der Waals surface area contributed by atoms with Crippen LogP contribution in [0, 0.1) is 30.9 Å². The van der Waals surface area contributed by atoms with Crippen molar-refractivity contribution >= 4 is 51.2 Å². The second-order valence-corrected chi connectivity index (χ2v) is 8.74. The van der Waals surface area contributed by atoms with Crippen molar-refractivity contribution in [2.24, 2.45) is 0 Å². The molecule has 1 aliphatic rings. The standard InChI is InChI=1S/C24H19BrN4O5/c1-13-4-7-19(12-21(13)29(33)34)27-14(2)10-16(15(27)3)11-20-22(30)26-24(32)28(23(20)31)18-8-5-17(25)6-9-18/h4-12H,1-3H3,(H,26,30,32)/b20-11+. The molecule has 0 aliphatic carbocycles. The van der Waals surface area contributed by atoms with Crippen molar-refractivity contribution in [3.8, 4) is 5.69 Å². The summed E-state index contributed by atoms with van der Waals surface area (Å²) in [5.74, 6) is -1.54. The third-order valence-corrected chi connectivity index (χ3v) is 6.13. The summed E-state index contributed by atoms with van der Waals surface area (Å²) in [7, 11) is 0. The Balaban J connectivity index is 1.77. The van der Waals surface area contributed by atoms with Crippen LogP contribution in [0.15, 0.2) is 58.6 Å². The minimum atomic E-state index is -0.827. The van der Waals surface area contributed by atoms with Gasteiger partial charge in [0.1, 0.15) is 5.57 Å². The first-order chi connectivity index (χ1) is 16.1. The molecule has 3 aromatic rings. The number of anilines is 1. The number of imide groups is 2. The van der Waals surface area contributed by atoms with E-state index in [2.05, 4.69) is 21.2 Å². The van der Waals surface area contributed by atoms with Gasteiger partial charge in [-0.15, -0.1) is 0 Å². The predicted octanol–water partition coefficient (Wildman–Crippen LogP) is 4.74. The number of aryl methyl sites for hydroxylation is 2. The zero-order valence-electron chi connectivity index (χ0n) is 18.5. The number of rotatable bonds is 4. The van der Waals surface area contributed by atoms with Crippen LogP contribution >= 0.6 is 15.9 Å². The van der Waals surface area contributed by atoms with Gasteiger partial charge in [0.25, 0.3) is 17.5 Å². The summed E-state index contributed by atoms with van der Waals surface area (Å²) in [6.07, 6.45) is 1.43. The zero-order valence-corrected chi connectivity index (χ0v) is 20.0. The number of hydrogen-bond donors (Lipinski definition) is 1. The number of halogens is 1. The Bertz CT molecular complexity index is 1410. The summed E-state index contributed by atoms with van der Waals surface area (Å²) in [6, 6.07) is 12.4. The number of urea groups is 1. The van der Waals surface area contributed by atoms with Gasteiger partial charge in [0, 0.05) is 27.5 Å². The molecule has 0 radical (unpaired) electrons. The van der Waals surface area contributed by atoms with Crippen LogP contribution in [0.4, 0.5) is 16.2 Å². The van der Waals surface area contributed by atoms with Crippen molar-refractivity contribution in [2.75, 3.05) is 4.90 Å². The molecular weight excluding hydrogens is 504 g/mol. The summed E-state index contributed by atoms with van der Waals surface area (Å²) < 4.78 is 2.58. The fraction of sp³-hybridized carbons (Fsp3) is 0.125. The normalized spacial score (nSPS) is 15.1. The zero-order chi connectivity index (χ0) is 24.7. The van der Waals surface area contributed by atoms with Gasteiger partial charge in [-0.1, -0.05) is 22.0 Å². The largest absolute Gasteiger partial charge is 0.335 e. The summed E-state index contributed by atoms with van der Waals surface area (Å²) in [5.41, 5.74) is 3.26. The maximum atomic E-state index is 13.1. The summed E-state index contributed by atoms with van der Waals surface area (Å²) in [6.45, 7) is 5.27. The minimum Gasteiger partial charge on any atom is -0.318 e. The van der Waals surface area contributed by atoms with Gasteiger partial charge in [-0.05, 0) is 68.8 Å². The molecule has 1 aliphatic heterocycles. The van der Waals surface area contributed by atoms with Crippen LogP contribution in [0.5, 0.6) is 0 Å². The Labute approximate surface area is 203 Å². The minimum absolute atomic E-state index is 0.00427. The quantitative estimate of drug-likeness (QED) is 0.230. The SMILES string of the molecule is Cc1ccc(-n2c(C)cc(/C=C3\C(=O)NC(=O)N(c4ccc(Br)cc4)C3=O)c2C)cc1[N+](=O)[O-]. The van der Waals surface area contributed by atoms with Crippen LogP contribution in [0.1, 0.15) is 22.5 Å². The van der Waals surface area contributed by atoms with Crippen LogP contribution in [-0.2, 0) is 9.59 Å². The molecule has 0 atom stereocenters. The molecule has 0 spiro atoms. The highest BCUT2D eigenvalue weighted by Gasteiger charge is 2.37. The van der Waals surface area contributed by atoms with Crippen LogP contribution in [0.25, 0.3) is 11.8 Å². The Hall–Kier alpha value is -4.05. The number of carbonyl (C=O) groups excluding carboxylic acids is 3. The maximum absolute atomic E-state index is 13.1. The van der Waals surface area contributed by atoms with E-state index >= 15 is 0 Å². The number of nitrogens with zero attached hydrogens (tertiary/aromatic N) is 3. The molecule has 1 aromatic heterocycles. The number of benzene rings is 2. The summed E-state index contributed by atoms with van der Waals surface area (Å²) >= 11 is 3.31. The molecule has 9 nitrogen and oxygen atoms in total. The lowest BCUT2D eigenvalue weighted by Crippen LogP contribution is -2.54. The van der Waals surface area contributed by atoms with E-state index in [-0.39, 0.29) is 11.3 Å². The van der Waals surface area contributed by atoms with Crippen LogP contribution in [0.3, 0.4) is 0 Å². The number of amides is 4. The first kappa shape index (κ1) is 23.1. The van der Waals surface area contributed by atoms with Gasteiger partial charge in [0.2, 0.25) is 0 Å². The maximum Gasteiger partial charge on any atom is 0.335 e. The van der Waals surface area contributed by atoms with Crippen molar-refractivity contribution < 1.29 is 19.3 Å². The molecule has 1 fully saturated rings. The van der Waals surface area contributed by atoms with Crippen molar-refractivity contribution in [1.82, 2.24) is 9.88 Å².